The molecule has 0 saturated carbocycles. The van der Waals surface area contributed by atoms with Crippen molar-refractivity contribution in [2.24, 2.45) is 0 Å². The summed E-state index contributed by atoms with van der Waals surface area (Å²) in [5.41, 5.74) is 0.765. The van der Waals surface area contributed by atoms with Gasteiger partial charge in [0, 0.05) is 13.8 Å². The Kier molecular flexibility index (Phi) is 6.90. The number of amides is 1. The lowest BCUT2D eigenvalue weighted by Crippen LogP contribution is -2.29. The Bertz CT molecular complexity index is 1620. The lowest BCUT2D eigenvalue weighted by molar-refractivity contribution is -0.134. The van der Waals surface area contributed by atoms with Crippen LogP contribution in [0.1, 0.15) is 56.9 Å². The number of ether oxygens (including phenoxy) is 1. The smallest absolute Gasteiger partial charge is 0.300 e. The van der Waals surface area contributed by atoms with E-state index in [1.54, 1.807) is 31.2 Å². The van der Waals surface area contributed by atoms with E-state index in [4.69, 9.17) is 19.1 Å². The maximum absolute atomic E-state index is 13.9. The van der Waals surface area contributed by atoms with Crippen molar-refractivity contribution in [3.63, 3.8) is 0 Å². The standard InChI is InChI=1S/C24H17FN2O5S.C2H4O2/c1-11-22(12(2)28)33-24(26-11)27-19(13-5-4-6-15(9-13)31-3)18-20(29)16-10-14(25)7-8-17(16)32-21(18)23(27)30;1-2(3)4/h4-10,19H,1-3H3;1H3,(H,3,4). The Morgan fingerprint density at radius 1 is 1.16 bits per heavy atom. The fourth-order valence-electron chi connectivity index (χ4n) is 4.08. The average Bonchev–Trinajstić information content (AvgIpc) is 3.37. The second-order valence-corrected chi connectivity index (χ2v) is 9.13. The van der Waals surface area contributed by atoms with Crippen molar-refractivity contribution < 1.29 is 33.0 Å². The van der Waals surface area contributed by atoms with E-state index in [2.05, 4.69) is 4.98 Å². The van der Waals surface area contributed by atoms with Crippen LogP contribution >= 0.6 is 11.3 Å². The molecule has 190 valence electrons. The third-order valence-corrected chi connectivity index (χ3v) is 6.81. The number of Topliss-reactive ketones (excluding diaryl/α,β-unsaturated/α-hetero) is 1. The first kappa shape index (κ1) is 25.7. The zero-order chi connectivity index (χ0) is 27.0. The number of carboxylic acids is 1. The number of hydrogen-bond donors (Lipinski definition) is 1. The Balaban J connectivity index is 0.000000747. The van der Waals surface area contributed by atoms with Gasteiger partial charge in [-0.25, -0.2) is 9.37 Å². The Labute approximate surface area is 213 Å². The van der Waals surface area contributed by atoms with Crippen LogP contribution in [-0.4, -0.2) is 34.9 Å². The molecule has 3 heterocycles. The number of halogens is 1. The molecule has 0 radical (unpaired) electrons. The topological polar surface area (TPSA) is 127 Å². The lowest BCUT2D eigenvalue weighted by atomic mass is 9.98. The number of fused-ring (bicyclic) bond motifs is 2. The van der Waals surface area contributed by atoms with E-state index >= 15 is 0 Å². The monoisotopic (exact) mass is 524 g/mol. The number of carbonyl (C=O) groups is 3. The minimum atomic E-state index is -0.892. The third kappa shape index (κ3) is 4.73. The van der Waals surface area contributed by atoms with Crippen molar-refractivity contribution >= 4 is 45.1 Å². The number of benzene rings is 2. The van der Waals surface area contributed by atoms with Gasteiger partial charge in [0.25, 0.3) is 11.9 Å². The highest BCUT2D eigenvalue weighted by molar-refractivity contribution is 7.17. The van der Waals surface area contributed by atoms with Crippen molar-refractivity contribution in [1.29, 1.82) is 0 Å². The summed E-state index contributed by atoms with van der Waals surface area (Å²) in [5, 5.41) is 7.72. The molecule has 1 amide bonds. The van der Waals surface area contributed by atoms with Crippen LogP contribution in [0.25, 0.3) is 11.0 Å². The molecule has 0 saturated heterocycles. The molecule has 5 rings (SSSR count). The Hall–Kier alpha value is -4.38. The molecule has 0 bridgehead atoms. The summed E-state index contributed by atoms with van der Waals surface area (Å²) in [4.78, 5) is 54.3. The zero-order valence-electron chi connectivity index (χ0n) is 20.2. The molecular formula is C26H21FN2O7S. The number of hydrogen-bond acceptors (Lipinski definition) is 8. The van der Waals surface area contributed by atoms with Crippen molar-refractivity contribution in [3.8, 4) is 5.75 Å². The number of carbonyl (C=O) groups excluding carboxylic acids is 2. The predicted octanol–water partition coefficient (Wildman–Crippen LogP) is 4.75. The molecule has 11 heteroatoms. The van der Waals surface area contributed by atoms with Gasteiger partial charge >= 0.3 is 0 Å². The molecule has 1 aliphatic heterocycles. The van der Waals surface area contributed by atoms with Crippen molar-refractivity contribution in [1.82, 2.24) is 4.98 Å². The van der Waals surface area contributed by atoms with E-state index < -0.39 is 29.2 Å². The number of ketones is 1. The second kappa shape index (κ2) is 9.94. The van der Waals surface area contributed by atoms with Gasteiger partial charge in [0.1, 0.15) is 17.1 Å². The zero-order valence-corrected chi connectivity index (χ0v) is 21.0. The van der Waals surface area contributed by atoms with Gasteiger partial charge in [-0.15, -0.1) is 0 Å². The second-order valence-electron chi connectivity index (χ2n) is 8.15. The molecule has 9 nitrogen and oxygen atoms in total. The summed E-state index contributed by atoms with van der Waals surface area (Å²) in [6.07, 6.45) is 0. The molecule has 2 aromatic heterocycles. The highest BCUT2D eigenvalue weighted by Crippen LogP contribution is 2.43. The number of aliphatic carboxylic acids is 1. The van der Waals surface area contributed by atoms with Crippen LogP contribution in [0.5, 0.6) is 5.75 Å². The molecule has 1 unspecified atom stereocenters. The predicted molar refractivity (Wildman–Crippen MR) is 134 cm³/mol. The van der Waals surface area contributed by atoms with Gasteiger partial charge in [0.05, 0.1) is 34.7 Å². The van der Waals surface area contributed by atoms with Crippen molar-refractivity contribution in [3.05, 3.63) is 86.0 Å². The minimum absolute atomic E-state index is 0.0380. The highest BCUT2D eigenvalue weighted by atomic mass is 32.1. The van der Waals surface area contributed by atoms with Crippen LogP contribution in [0.4, 0.5) is 9.52 Å². The Morgan fingerprint density at radius 2 is 1.86 bits per heavy atom. The van der Waals surface area contributed by atoms with E-state index in [9.17, 15) is 18.8 Å². The number of nitrogens with zero attached hydrogens (tertiary/aromatic N) is 2. The van der Waals surface area contributed by atoms with Gasteiger partial charge in [-0.1, -0.05) is 23.5 Å². The van der Waals surface area contributed by atoms with Crippen LogP contribution in [0, 0.1) is 12.7 Å². The average molecular weight is 525 g/mol. The number of aryl methyl sites for hydroxylation is 1. The van der Waals surface area contributed by atoms with E-state index in [0.29, 0.717) is 21.9 Å². The summed E-state index contributed by atoms with van der Waals surface area (Å²) in [6, 6.07) is 9.64. The van der Waals surface area contributed by atoms with Gasteiger partial charge in [-0.2, -0.15) is 0 Å². The molecule has 0 fully saturated rings. The minimum Gasteiger partial charge on any atom is -0.497 e. The molecule has 0 spiro atoms. The van der Waals surface area contributed by atoms with Crippen LogP contribution in [0.2, 0.25) is 0 Å². The van der Waals surface area contributed by atoms with E-state index in [0.717, 1.165) is 30.4 Å². The number of carboxylic acid groups (broad SMARTS) is 1. The number of thiazole rings is 1. The molecule has 1 atom stereocenters. The summed E-state index contributed by atoms with van der Waals surface area (Å²) >= 11 is 1.07. The van der Waals surface area contributed by atoms with Crippen molar-refractivity contribution in [2.75, 3.05) is 12.0 Å². The normalized spacial score (nSPS) is 14.2. The maximum atomic E-state index is 13.9. The lowest BCUT2D eigenvalue weighted by Gasteiger charge is -2.22. The largest absolute Gasteiger partial charge is 0.497 e. The molecule has 1 N–H and O–H groups in total. The maximum Gasteiger partial charge on any atom is 0.300 e. The van der Waals surface area contributed by atoms with Gasteiger partial charge < -0.3 is 14.3 Å². The molecule has 37 heavy (non-hydrogen) atoms. The first-order valence-corrected chi connectivity index (χ1v) is 11.8. The number of aromatic nitrogens is 1. The summed E-state index contributed by atoms with van der Waals surface area (Å²) in [7, 11) is 1.51. The fraction of sp³-hybridized carbons (Fsp3) is 0.192. The van der Waals surface area contributed by atoms with E-state index in [1.165, 1.54) is 25.0 Å². The van der Waals surface area contributed by atoms with E-state index in [1.807, 2.05) is 0 Å². The van der Waals surface area contributed by atoms with Crippen LogP contribution < -0.4 is 15.1 Å². The fourth-order valence-corrected chi connectivity index (χ4v) is 5.07. The molecule has 2 aromatic carbocycles. The molecular weight excluding hydrogens is 503 g/mol. The van der Waals surface area contributed by atoms with E-state index in [-0.39, 0.29) is 33.2 Å². The first-order chi connectivity index (χ1) is 17.5. The molecule has 4 aromatic rings. The quantitative estimate of drug-likeness (QED) is 0.379. The Morgan fingerprint density at radius 3 is 2.49 bits per heavy atom. The highest BCUT2D eigenvalue weighted by Gasteiger charge is 2.45. The summed E-state index contributed by atoms with van der Waals surface area (Å²) < 4.78 is 25.1. The van der Waals surface area contributed by atoms with Crippen LogP contribution in [0.3, 0.4) is 0 Å². The van der Waals surface area contributed by atoms with Gasteiger partial charge in [-0.05, 0) is 42.8 Å². The SMILES string of the molecule is CC(=O)O.COc1cccc(C2c3c(oc4ccc(F)cc4c3=O)C(=O)N2c2nc(C)c(C(C)=O)s2)c1. The molecule has 0 aliphatic carbocycles. The van der Waals surface area contributed by atoms with Gasteiger partial charge in [0.15, 0.2) is 16.3 Å². The van der Waals surface area contributed by atoms with Crippen LogP contribution in [-0.2, 0) is 4.79 Å². The third-order valence-electron chi connectivity index (χ3n) is 5.55. The summed E-state index contributed by atoms with van der Waals surface area (Å²) in [6.45, 7) is 4.20. The van der Waals surface area contributed by atoms with Gasteiger partial charge in [-0.3, -0.25) is 24.1 Å². The number of rotatable bonds is 4. The molecule has 1 aliphatic rings. The van der Waals surface area contributed by atoms with Crippen LogP contribution in [0.15, 0.2) is 51.7 Å². The van der Waals surface area contributed by atoms with Crippen molar-refractivity contribution in [2.45, 2.75) is 26.8 Å². The summed E-state index contributed by atoms with van der Waals surface area (Å²) in [5.74, 6) is -1.76. The van der Waals surface area contributed by atoms with Gasteiger partial charge in [0.2, 0.25) is 5.76 Å². The number of anilines is 1. The number of methoxy groups -OCH3 is 1. The first-order valence-electron chi connectivity index (χ1n) is 10.9.